The average molecular weight is 175 g/mol. The van der Waals surface area contributed by atoms with Gasteiger partial charge in [0.15, 0.2) is 0 Å². The lowest BCUT2D eigenvalue weighted by atomic mass is 10.1. The van der Waals surface area contributed by atoms with Crippen molar-refractivity contribution < 1.29 is 4.79 Å². The van der Waals surface area contributed by atoms with Gasteiger partial charge < -0.3 is 5.32 Å². The number of hydrogen-bond acceptors (Lipinski definition) is 2. The van der Waals surface area contributed by atoms with Crippen molar-refractivity contribution in [3.63, 3.8) is 0 Å². The summed E-state index contributed by atoms with van der Waals surface area (Å²) in [5.41, 5.74) is 3.34. The van der Waals surface area contributed by atoms with Gasteiger partial charge >= 0.3 is 0 Å². The van der Waals surface area contributed by atoms with Crippen LogP contribution in [0, 0.1) is 6.92 Å². The molecule has 0 unspecified atom stereocenters. The molecule has 0 saturated heterocycles. The van der Waals surface area contributed by atoms with E-state index in [1.807, 2.05) is 32.2 Å². The number of benzene rings is 1. The van der Waals surface area contributed by atoms with Gasteiger partial charge in [0.2, 0.25) is 0 Å². The summed E-state index contributed by atoms with van der Waals surface area (Å²) in [6, 6.07) is 6.00. The summed E-state index contributed by atoms with van der Waals surface area (Å²) in [7, 11) is 1.89. The standard InChI is InChI=1S/C11H13NO/c1-9-8-10(4-3-7-13)5-6-11(9)12-2/h3-8,12H,1-2H3/b4-3+. The van der Waals surface area contributed by atoms with E-state index in [1.54, 1.807) is 6.08 Å². The molecular weight excluding hydrogens is 162 g/mol. The van der Waals surface area contributed by atoms with E-state index in [1.165, 1.54) is 11.6 Å². The van der Waals surface area contributed by atoms with Crippen molar-refractivity contribution in [2.75, 3.05) is 12.4 Å². The van der Waals surface area contributed by atoms with Crippen molar-refractivity contribution in [3.8, 4) is 0 Å². The van der Waals surface area contributed by atoms with Gasteiger partial charge in [0, 0.05) is 12.7 Å². The fourth-order valence-electron chi connectivity index (χ4n) is 1.22. The van der Waals surface area contributed by atoms with Gasteiger partial charge in [-0.15, -0.1) is 0 Å². The molecule has 1 aromatic rings. The normalized spacial score (nSPS) is 10.3. The molecule has 0 bridgehead atoms. The molecule has 0 radical (unpaired) electrons. The third-order valence-electron chi connectivity index (χ3n) is 1.89. The molecule has 0 aromatic heterocycles. The van der Waals surface area contributed by atoms with Gasteiger partial charge in [-0.3, -0.25) is 4.79 Å². The highest BCUT2D eigenvalue weighted by Gasteiger charge is 1.94. The number of carbonyl (C=O) groups excluding carboxylic acids is 1. The summed E-state index contributed by atoms with van der Waals surface area (Å²) < 4.78 is 0. The predicted molar refractivity (Wildman–Crippen MR) is 55.8 cm³/mol. The Balaban J connectivity index is 2.95. The number of aryl methyl sites for hydroxylation is 1. The van der Waals surface area contributed by atoms with Crippen LogP contribution in [-0.4, -0.2) is 13.3 Å². The van der Waals surface area contributed by atoms with Gasteiger partial charge in [0.05, 0.1) is 0 Å². The fourth-order valence-corrected chi connectivity index (χ4v) is 1.22. The number of aldehydes is 1. The summed E-state index contributed by atoms with van der Waals surface area (Å²) >= 11 is 0. The minimum atomic E-state index is 0.779. The Morgan fingerprint density at radius 1 is 1.38 bits per heavy atom. The van der Waals surface area contributed by atoms with Crippen LogP contribution in [-0.2, 0) is 4.79 Å². The predicted octanol–water partition coefficient (Wildman–Crippen LogP) is 2.25. The number of hydrogen-bond donors (Lipinski definition) is 1. The zero-order chi connectivity index (χ0) is 9.68. The Hall–Kier alpha value is -1.57. The van der Waals surface area contributed by atoms with Gasteiger partial charge in [-0.05, 0) is 36.3 Å². The number of rotatable bonds is 3. The summed E-state index contributed by atoms with van der Waals surface area (Å²) in [5, 5.41) is 3.08. The first-order valence-corrected chi connectivity index (χ1v) is 4.18. The Morgan fingerprint density at radius 2 is 2.15 bits per heavy atom. The van der Waals surface area contributed by atoms with E-state index in [0.29, 0.717) is 0 Å². The molecule has 0 aliphatic heterocycles. The summed E-state index contributed by atoms with van der Waals surface area (Å²) in [6.07, 6.45) is 4.06. The quantitative estimate of drug-likeness (QED) is 0.564. The maximum atomic E-state index is 10.1. The first-order valence-electron chi connectivity index (χ1n) is 4.18. The summed E-state index contributed by atoms with van der Waals surface area (Å²) in [4.78, 5) is 10.1. The monoisotopic (exact) mass is 175 g/mol. The Bertz CT molecular complexity index is 329. The number of anilines is 1. The van der Waals surface area contributed by atoms with Gasteiger partial charge in [-0.2, -0.15) is 0 Å². The molecule has 2 heteroatoms. The smallest absolute Gasteiger partial charge is 0.142 e. The first kappa shape index (κ1) is 9.52. The molecule has 0 fully saturated rings. The van der Waals surface area contributed by atoms with Crippen LogP contribution in [0.25, 0.3) is 6.08 Å². The van der Waals surface area contributed by atoms with Crippen LogP contribution in [0.2, 0.25) is 0 Å². The van der Waals surface area contributed by atoms with Crippen LogP contribution in [0.1, 0.15) is 11.1 Å². The Morgan fingerprint density at radius 3 is 2.69 bits per heavy atom. The summed E-state index contributed by atoms with van der Waals surface area (Å²) in [6.45, 7) is 2.03. The molecule has 0 heterocycles. The van der Waals surface area contributed by atoms with E-state index in [-0.39, 0.29) is 0 Å². The maximum absolute atomic E-state index is 10.1. The van der Waals surface area contributed by atoms with Crippen molar-refractivity contribution in [2.45, 2.75) is 6.92 Å². The van der Waals surface area contributed by atoms with Crippen LogP contribution in [0.15, 0.2) is 24.3 Å². The van der Waals surface area contributed by atoms with Crippen LogP contribution < -0.4 is 5.32 Å². The SMILES string of the molecule is CNc1ccc(/C=C/C=O)cc1C. The lowest BCUT2D eigenvalue weighted by Gasteiger charge is -2.04. The lowest BCUT2D eigenvalue weighted by Crippen LogP contribution is -1.91. The minimum Gasteiger partial charge on any atom is -0.388 e. The third kappa shape index (κ3) is 2.44. The van der Waals surface area contributed by atoms with Gasteiger partial charge in [-0.25, -0.2) is 0 Å². The fraction of sp³-hybridized carbons (Fsp3) is 0.182. The number of carbonyl (C=O) groups is 1. The zero-order valence-electron chi connectivity index (χ0n) is 7.87. The molecule has 2 nitrogen and oxygen atoms in total. The molecule has 1 rings (SSSR count). The molecule has 0 amide bonds. The molecular formula is C11H13NO. The molecule has 1 aromatic carbocycles. The number of nitrogens with one attached hydrogen (secondary N) is 1. The molecule has 0 aliphatic carbocycles. The van der Waals surface area contributed by atoms with Crippen molar-refractivity contribution in [1.29, 1.82) is 0 Å². The highest BCUT2D eigenvalue weighted by Crippen LogP contribution is 2.16. The van der Waals surface area contributed by atoms with E-state index in [2.05, 4.69) is 5.32 Å². The Kier molecular flexibility index (Phi) is 3.26. The second-order valence-corrected chi connectivity index (χ2v) is 2.82. The van der Waals surface area contributed by atoms with E-state index in [0.717, 1.165) is 17.5 Å². The first-order chi connectivity index (χ1) is 6.27. The van der Waals surface area contributed by atoms with Crippen LogP contribution in [0.5, 0.6) is 0 Å². The molecule has 0 spiro atoms. The maximum Gasteiger partial charge on any atom is 0.142 e. The number of allylic oxidation sites excluding steroid dienone is 1. The van der Waals surface area contributed by atoms with Crippen LogP contribution >= 0.6 is 0 Å². The van der Waals surface area contributed by atoms with Crippen molar-refractivity contribution >= 4 is 18.0 Å². The van der Waals surface area contributed by atoms with Crippen molar-refractivity contribution in [3.05, 3.63) is 35.4 Å². The molecule has 1 N–H and O–H groups in total. The second-order valence-electron chi connectivity index (χ2n) is 2.82. The van der Waals surface area contributed by atoms with Crippen molar-refractivity contribution in [1.82, 2.24) is 0 Å². The van der Waals surface area contributed by atoms with Gasteiger partial charge in [0.25, 0.3) is 0 Å². The van der Waals surface area contributed by atoms with E-state index < -0.39 is 0 Å². The lowest BCUT2D eigenvalue weighted by molar-refractivity contribution is -0.104. The molecule has 0 atom stereocenters. The van der Waals surface area contributed by atoms with Gasteiger partial charge in [-0.1, -0.05) is 12.1 Å². The van der Waals surface area contributed by atoms with Gasteiger partial charge in [0.1, 0.15) is 6.29 Å². The molecule has 68 valence electrons. The average Bonchev–Trinajstić information content (AvgIpc) is 2.15. The molecule has 0 saturated carbocycles. The second kappa shape index (κ2) is 4.45. The largest absolute Gasteiger partial charge is 0.388 e. The van der Waals surface area contributed by atoms with Crippen LogP contribution in [0.3, 0.4) is 0 Å². The van der Waals surface area contributed by atoms with E-state index in [9.17, 15) is 4.79 Å². The highest BCUT2D eigenvalue weighted by atomic mass is 16.1. The molecule has 13 heavy (non-hydrogen) atoms. The van der Waals surface area contributed by atoms with E-state index in [4.69, 9.17) is 0 Å². The van der Waals surface area contributed by atoms with E-state index >= 15 is 0 Å². The third-order valence-corrected chi connectivity index (χ3v) is 1.89. The van der Waals surface area contributed by atoms with Crippen LogP contribution in [0.4, 0.5) is 5.69 Å². The minimum absolute atomic E-state index is 0.779. The zero-order valence-corrected chi connectivity index (χ0v) is 7.87. The summed E-state index contributed by atoms with van der Waals surface area (Å²) in [5.74, 6) is 0. The highest BCUT2D eigenvalue weighted by molar-refractivity contribution is 5.74. The van der Waals surface area contributed by atoms with Crippen molar-refractivity contribution in [2.24, 2.45) is 0 Å². The molecule has 0 aliphatic rings. The Labute approximate surface area is 78.3 Å². The topological polar surface area (TPSA) is 29.1 Å².